The number of rotatable bonds is 5. The van der Waals surface area contributed by atoms with E-state index < -0.39 is 0 Å². The molecule has 3 nitrogen and oxygen atoms in total. The maximum Gasteiger partial charge on any atom is 0.143 e. The lowest BCUT2D eigenvalue weighted by atomic mass is 10.3. The summed E-state index contributed by atoms with van der Waals surface area (Å²) in [7, 11) is 0. The summed E-state index contributed by atoms with van der Waals surface area (Å²) in [6.07, 6.45) is 5.37. The van der Waals surface area contributed by atoms with Crippen molar-refractivity contribution in [1.29, 1.82) is 0 Å². The van der Waals surface area contributed by atoms with E-state index >= 15 is 0 Å². The second-order valence-electron chi connectivity index (χ2n) is 4.46. The van der Waals surface area contributed by atoms with E-state index in [0.29, 0.717) is 5.02 Å². The first-order valence-corrected chi connectivity index (χ1v) is 7.37. The monoisotopic (exact) mass is 279 g/mol. The molecule has 1 aliphatic rings. The second kappa shape index (κ2) is 5.34. The summed E-state index contributed by atoms with van der Waals surface area (Å²) in [5.74, 6) is 0. The van der Waals surface area contributed by atoms with Crippen molar-refractivity contribution >= 4 is 22.9 Å². The van der Waals surface area contributed by atoms with Crippen LogP contribution in [-0.2, 0) is 6.42 Å². The number of halogens is 1. The minimum Gasteiger partial charge on any atom is -0.314 e. The molecule has 0 unspecified atom stereocenters. The third kappa shape index (κ3) is 2.88. The lowest BCUT2D eigenvalue weighted by Gasteiger charge is -1.99. The molecule has 1 saturated carbocycles. The molecule has 2 aromatic heterocycles. The quantitative estimate of drug-likeness (QED) is 0.914. The Hall–Kier alpha value is -0.970. The SMILES string of the molecule is Clc1cccnc1-c1nc(CCNC2CC2)cs1. The first-order valence-electron chi connectivity index (χ1n) is 6.11. The van der Waals surface area contributed by atoms with Gasteiger partial charge in [0.2, 0.25) is 0 Å². The molecule has 0 atom stereocenters. The van der Waals surface area contributed by atoms with Gasteiger partial charge in [0.25, 0.3) is 0 Å². The lowest BCUT2D eigenvalue weighted by molar-refractivity contribution is 0.677. The molecular weight excluding hydrogens is 266 g/mol. The molecule has 94 valence electrons. The minimum atomic E-state index is 0.662. The topological polar surface area (TPSA) is 37.8 Å². The Bertz CT molecular complexity index is 537. The molecule has 0 spiro atoms. The first kappa shape index (κ1) is 12.1. The van der Waals surface area contributed by atoms with Crippen LogP contribution in [0.4, 0.5) is 0 Å². The molecule has 3 rings (SSSR count). The summed E-state index contributed by atoms with van der Waals surface area (Å²) in [6.45, 7) is 1.00. The number of thiazole rings is 1. The zero-order chi connectivity index (χ0) is 12.4. The summed E-state index contributed by atoms with van der Waals surface area (Å²) >= 11 is 7.72. The van der Waals surface area contributed by atoms with Crippen molar-refractivity contribution in [3.63, 3.8) is 0 Å². The molecule has 0 saturated heterocycles. The van der Waals surface area contributed by atoms with Crippen LogP contribution in [0.3, 0.4) is 0 Å². The highest BCUT2D eigenvalue weighted by Gasteiger charge is 2.19. The zero-order valence-electron chi connectivity index (χ0n) is 9.90. The van der Waals surface area contributed by atoms with Crippen LogP contribution >= 0.6 is 22.9 Å². The van der Waals surface area contributed by atoms with Gasteiger partial charge in [-0.3, -0.25) is 4.98 Å². The molecule has 0 aliphatic heterocycles. The Morgan fingerprint density at radius 3 is 3.11 bits per heavy atom. The van der Waals surface area contributed by atoms with E-state index in [2.05, 4.69) is 20.7 Å². The van der Waals surface area contributed by atoms with Crippen molar-refractivity contribution in [3.8, 4) is 10.7 Å². The van der Waals surface area contributed by atoms with E-state index in [1.165, 1.54) is 12.8 Å². The molecule has 0 amide bonds. The van der Waals surface area contributed by atoms with Gasteiger partial charge >= 0.3 is 0 Å². The van der Waals surface area contributed by atoms with Gasteiger partial charge in [0, 0.05) is 30.6 Å². The van der Waals surface area contributed by atoms with Crippen LogP contribution in [0.25, 0.3) is 10.7 Å². The van der Waals surface area contributed by atoms with Gasteiger partial charge in [-0.2, -0.15) is 0 Å². The van der Waals surface area contributed by atoms with Crippen molar-refractivity contribution in [2.24, 2.45) is 0 Å². The highest BCUT2D eigenvalue weighted by molar-refractivity contribution is 7.13. The Balaban J connectivity index is 1.66. The lowest BCUT2D eigenvalue weighted by Crippen LogP contribution is -2.19. The summed E-state index contributed by atoms with van der Waals surface area (Å²) in [5.41, 5.74) is 1.90. The summed E-state index contributed by atoms with van der Waals surface area (Å²) in [5, 5.41) is 7.15. The van der Waals surface area contributed by atoms with Crippen molar-refractivity contribution in [2.75, 3.05) is 6.54 Å². The molecule has 2 aromatic rings. The van der Waals surface area contributed by atoms with Crippen molar-refractivity contribution in [2.45, 2.75) is 25.3 Å². The predicted octanol–water partition coefficient (Wildman–Crippen LogP) is 3.15. The molecule has 18 heavy (non-hydrogen) atoms. The third-order valence-electron chi connectivity index (χ3n) is 2.90. The number of nitrogens with zero attached hydrogens (tertiary/aromatic N) is 2. The first-order chi connectivity index (χ1) is 8.83. The van der Waals surface area contributed by atoms with Gasteiger partial charge in [-0.05, 0) is 25.0 Å². The van der Waals surface area contributed by atoms with Crippen LogP contribution in [0.5, 0.6) is 0 Å². The molecule has 1 N–H and O–H groups in total. The molecule has 0 bridgehead atoms. The average molecular weight is 280 g/mol. The Kier molecular flexibility index (Phi) is 3.59. The van der Waals surface area contributed by atoms with Gasteiger partial charge in [0.1, 0.15) is 10.7 Å². The van der Waals surface area contributed by atoms with Gasteiger partial charge in [-0.15, -0.1) is 11.3 Å². The highest BCUT2D eigenvalue weighted by Crippen LogP contribution is 2.28. The average Bonchev–Trinajstić information content (AvgIpc) is 3.08. The fourth-order valence-electron chi connectivity index (χ4n) is 1.77. The molecule has 1 fully saturated rings. The van der Waals surface area contributed by atoms with E-state index in [-0.39, 0.29) is 0 Å². The predicted molar refractivity (Wildman–Crippen MR) is 75.1 cm³/mol. The fourth-order valence-corrected chi connectivity index (χ4v) is 2.89. The highest BCUT2D eigenvalue weighted by atomic mass is 35.5. The Morgan fingerprint density at radius 1 is 1.44 bits per heavy atom. The number of hydrogen-bond acceptors (Lipinski definition) is 4. The largest absolute Gasteiger partial charge is 0.314 e. The maximum absolute atomic E-state index is 6.11. The van der Waals surface area contributed by atoms with Crippen LogP contribution in [0.15, 0.2) is 23.7 Å². The van der Waals surface area contributed by atoms with E-state index in [4.69, 9.17) is 11.6 Å². The molecule has 1 aliphatic carbocycles. The van der Waals surface area contributed by atoms with Crippen molar-refractivity contribution in [1.82, 2.24) is 15.3 Å². The normalized spacial score (nSPS) is 14.9. The number of nitrogens with one attached hydrogen (secondary N) is 1. The van der Waals surface area contributed by atoms with E-state index in [1.807, 2.05) is 12.1 Å². The van der Waals surface area contributed by atoms with Crippen LogP contribution in [-0.4, -0.2) is 22.6 Å². The Labute approximate surface area is 115 Å². The van der Waals surface area contributed by atoms with Crippen LogP contribution in [0, 0.1) is 0 Å². The number of hydrogen-bond donors (Lipinski definition) is 1. The van der Waals surface area contributed by atoms with Crippen molar-refractivity contribution < 1.29 is 0 Å². The maximum atomic E-state index is 6.11. The zero-order valence-corrected chi connectivity index (χ0v) is 11.5. The number of pyridine rings is 1. The summed E-state index contributed by atoms with van der Waals surface area (Å²) < 4.78 is 0. The minimum absolute atomic E-state index is 0.662. The van der Waals surface area contributed by atoms with Gasteiger partial charge in [-0.25, -0.2) is 4.98 Å². The van der Waals surface area contributed by atoms with Gasteiger partial charge < -0.3 is 5.32 Å². The van der Waals surface area contributed by atoms with Gasteiger partial charge in [-0.1, -0.05) is 11.6 Å². The van der Waals surface area contributed by atoms with Crippen molar-refractivity contribution in [3.05, 3.63) is 34.4 Å². The molecule has 0 aromatic carbocycles. The molecule has 2 heterocycles. The standard InChI is InChI=1S/C13H14ClN3S/c14-11-2-1-6-16-12(11)13-17-10(8-18-13)5-7-15-9-3-4-9/h1-2,6,8-9,15H,3-5,7H2. The van der Waals surface area contributed by atoms with Crippen LogP contribution in [0.2, 0.25) is 5.02 Å². The van der Waals surface area contributed by atoms with Crippen LogP contribution < -0.4 is 5.32 Å². The molecule has 5 heteroatoms. The fraction of sp³-hybridized carbons (Fsp3) is 0.385. The van der Waals surface area contributed by atoms with E-state index in [0.717, 1.165) is 35.4 Å². The van der Waals surface area contributed by atoms with Gasteiger partial charge in [0.05, 0.1) is 10.7 Å². The summed E-state index contributed by atoms with van der Waals surface area (Å²) in [6, 6.07) is 4.44. The van der Waals surface area contributed by atoms with E-state index in [9.17, 15) is 0 Å². The smallest absolute Gasteiger partial charge is 0.143 e. The van der Waals surface area contributed by atoms with Gasteiger partial charge in [0.15, 0.2) is 0 Å². The second-order valence-corrected chi connectivity index (χ2v) is 5.72. The Morgan fingerprint density at radius 2 is 2.33 bits per heavy atom. The van der Waals surface area contributed by atoms with Crippen LogP contribution in [0.1, 0.15) is 18.5 Å². The summed E-state index contributed by atoms with van der Waals surface area (Å²) in [4.78, 5) is 8.87. The number of aromatic nitrogens is 2. The molecular formula is C13H14ClN3S. The third-order valence-corrected chi connectivity index (χ3v) is 4.11. The van der Waals surface area contributed by atoms with E-state index in [1.54, 1.807) is 17.5 Å². The molecule has 0 radical (unpaired) electrons.